The molecule has 0 spiro atoms. The SMILES string of the molecule is CNC(=O)c1sc(Oc2cccnc2C)c2c1CCc1cn[nH]c1-2. The molecule has 0 aromatic carbocycles. The molecule has 3 aromatic rings. The van der Waals surface area contributed by atoms with E-state index >= 15 is 0 Å². The van der Waals surface area contributed by atoms with E-state index in [0.717, 1.165) is 40.9 Å². The molecule has 0 saturated heterocycles. The van der Waals surface area contributed by atoms with Crippen LogP contribution in [0.3, 0.4) is 0 Å². The predicted molar refractivity (Wildman–Crippen MR) is 91.7 cm³/mol. The molecule has 6 nitrogen and oxygen atoms in total. The van der Waals surface area contributed by atoms with Crippen LogP contribution >= 0.6 is 11.3 Å². The Morgan fingerprint density at radius 2 is 2.29 bits per heavy atom. The Hall–Kier alpha value is -2.67. The summed E-state index contributed by atoms with van der Waals surface area (Å²) < 4.78 is 6.14. The number of rotatable bonds is 3. The van der Waals surface area contributed by atoms with Gasteiger partial charge in [-0.05, 0) is 43.0 Å². The number of hydrogen-bond acceptors (Lipinski definition) is 5. The first-order valence-electron chi connectivity index (χ1n) is 7.69. The molecule has 1 amide bonds. The van der Waals surface area contributed by atoms with Gasteiger partial charge in [-0.25, -0.2) is 0 Å². The Labute approximate surface area is 142 Å². The Balaban J connectivity index is 1.87. The highest BCUT2D eigenvalue weighted by atomic mass is 32.1. The first-order chi connectivity index (χ1) is 11.7. The van der Waals surface area contributed by atoms with Crippen LogP contribution in [-0.2, 0) is 12.8 Å². The summed E-state index contributed by atoms with van der Waals surface area (Å²) >= 11 is 1.37. The number of ether oxygens (including phenoxy) is 1. The highest BCUT2D eigenvalue weighted by Gasteiger charge is 2.30. The molecule has 2 N–H and O–H groups in total. The fourth-order valence-electron chi connectivity index (χ4n) is 2.96. The van der Waals surface area contributed by atoms with Crippen LogP contribution in [-0.4, -0.2) is 28.1 Å². The quantitative estimate of drug-likeness (QED) is 0.768. The molecule has 3 heterocycles. The van der Waals surface area contributed by atoms with E-state index in [9.17, 15) is 4.79 Å². The fraction of sp³-hybridized carbons (Fsp3) is 0.235. The maximum atomic E-state index is 12.3. The summed E-state index contributed by atoms with van der Waals surface area (Å²) in [5.41, 5.74) is 4.87. The van der Waals surface area contributed by atoms with Gasteiger partial charge in [0.05, 0.1) is 28.0 Å². The van der Waals surface area contributed by atoms with Crippen molar-refractivity contribution in [2.75, 3.05) is 7.05 Å². The summed E-state index contributed by atoms with van der Waals surface area (Å²) in [6.07, 6.45) is 5.24. The molecule has 0 saturated carbocycles. The molecular weight excluding hydrogens is 324 g/mol. The minimum absolute atomic E-state index is 0.0861. The number of hydrogen-bond donors (Lipinski definition) is 2. The van der Waals surface area contributed by atoms with Crippen molar-refractivity contribution in [1.82, 2.24) is 20.5 Å². The van der Waals surface area contributed by atoms with Crippen molar-refractivity contribution in [3.05, 3.63) is 46.2 Å². The summed E-state index contributed by atoms with van der Waals surface area (Å²) in [6, 6.07) is 3.72. The van der Waals surface area contributed by atoms with Gasteiger partial charge in [0, 0.05) is 13.2 Å². The number of aromatic nitrogens is 3. The number of carbonyl (C=O) groups excluding carboxylic acids is 1. The van der Waals surface area contributed by atoms with Crippen molar-refractivity contribution in [2.24, 2.45) is 0 Å². The van der Waals surface area contributed by atoms with Crippen LogP contribution in [0.15, 0.2) is 24.5 Å². The maximum absolute atomic E-state index is 12.3. The third-order valence-electron chi connectivity index (χ3n) is 4.18. The van der Waals surface area contributed by atoms with Gasteiger partial charge in [-0.15, -0.1) is 0 Å². The van der Waals surface area contributed by atoms with Crippen molar-refractivity contribution >= 4 is 17.2 Å². The number of thiophene rings is 1. The number of H-pyrrole nitrogens is 1. The number of carbonyl (C=O) groups is 1. The number of fused-ring (bicyclic) bond motifs is 3. The van der Waals surface area contributed by atoms with Gasteiger partial charge >= 0.3 is 0 Å². The Morgan fingerprint density at radius 1 is 1.42 bits per heavy atom. The number of aryl methyl sites for hydroxylation is 2. The number of aromatic amines is 1. The van der Waals surface area contributed by atoms with Crippen LogP contribution in [0.2, 0.25) is 0 Å². The minimum Gasteiger partial charge on any atom is -0.444 e. The van der Waals surface area contributed by atoms with E-state index in [1.165, 1.54) is 11.3 Å². The van der Waals surface area contributed by atoms with Crippen molar-refractivity contribution < 1.29 is 9.53 Å². The zero-order valence-electron chi connectivity index (χ0n) is 13.3. The summed E-state index contributed by atoms with van der Waals surface area (Å²) in [5, 5.41) is 10.6. The molecule has 0 aliphatic heterocycles. The van der Waals surface area contributed by atoms with E-state index in [2.05, 4.69) is 20.5 Å². The van der Waals surface area contributed by atoms with Gasteiger partial charge in [-0.3, -0.25) is 14.9 Å². The van der Waals surface area contributed by atoms with Gasteiger partial charge in [-0.1, -0.05) is 11.3 Å². The van der Waals surface area contributed by atoms with Gasteiger partial charge in [0.2, 0.25) is 0 Å². The zero-order valence-corrected chi connectivity index (χ0v) is 14.2. The first-order valence-corrected chi connectivity index (χ1v) is 8.50. The van der Waals surface area contributed by atoms with Crippen LogP contribution in [0.25, 0.3) is 11.3 Å². The lowest BCUT2D eigenvalue weighted by atomic mass is 9.92. The molecule has 0 radical (unpaired) electrons. The van der Waals surface area contributed by atoms with E-state index < -0.39 is 0 Å². The molecule has 0 atom stereocenters. The molecular formula is C17H16N4O2S. The van der Waals surface area contributed by atoms with Gasteiger partial charge < -0.3 is 10.1 Å². The number of amides is 1. The van der Waals surface area contributed by atoms with E-state index in [1.807, 2.05) is 25.3 Å². The molecule has 1 aliphatic rings. The summed E-state index contributed by atoms with van der Waals surface area (Å²) in [5.74, 6) is 0.605. The predicted octanol–water partition coefficient (Wildman–Crippen LogP) is 3.09. The Morgan fingerprint density at radius 3 is 3.08 bits per heavy atom. The molecule has 7 heteroatoms. The smallest absolute Gasteiger partial charge is 0.261 e. The Kier molecular flexibility index (Phi) is 3.57. The average Bonchev–Trinajstić information content (AvgIpc) is 3.20. The molecule has 1 aliphatic carbocycles. The maximum Gasteiger partial charge on any atom is 0.261 e. The average molecular weight is 340 g/mol. The monoisotopic (exact) mass is 340 g/mol. The number of pyridine rings is 1. The lowest BCUT2D eigenvalue weighted by Gasteiger charge is -2.14. The van der Waals surface area contributed by atoms with Crippen LogP contribution in [0.5, 0.6) is 10.8 Å². The number of nitrogens with zero attached hydrogens (tertiary/aromatic N) is 2. The van der Waals surface area contributed by atoms with Crippen molar-refractivity contribution in [3.63, 3.8) is 0 Å². The fourth-order valence-corrected chi connectivity index (χ4v) is 4.12. The van der Waals surface area contributed by atoms with Gasteiger partial charge in [-0.2, -0.15) is 5.10 Å². The third-order valence-corrected chi connectivity index (χ3v) is 5.29. The molecule has 0 unspecified atom stereocenters. The van der Waals surface area contributed by atoms with Crippen molar-refractivity contribution in [2.45, 2.75) is 19.8 Å². The molecule has 0 fully saturated rings. The van der Waals surface area contributed by atoms with Gasteiger partial charge in [0.1, 0.15) is 5.75 Å². The second-order valence-electron chi connectivity index (χ2n) is 5.61. The lowest BCUT2D eigenvalue weighted by molar-refractivity contribution is 0.0966. The topological polar surface area (TPSA) is 79.9 Å². The van der Waals surface area contributed by atoms with Crippen LogP contribution < -0.4 is 10.1 Å². The molecule has 122 valence electrons. The van der Waals surface area contributed by atoms with E-state index in [1.54, 1.807) is 13.2 Å². The van der Waals surface area contributed by atoms with Gasteiger partial charge in [0.15, 0.2) is 5.06 Å². The van der Waals surface area contributed by atoms with E-state index in [4.69, 9.17) is 4.74 Å². The zero-order chi connectivity index (χ0) is 16.7. The number of nitrogens with one attached hydrogen (secondary N) is 2. The van der Waals surface area contributed by atoms with Crippen LogP contribution in [0, 0.1) is 6.92 Å². The van der Waals surface area contributed by atoms with E-state index in [-0.39, 0.29) is 5.91 Å². The highest BCUT2D eigenvalue weighted by Crippen LogP contribution is 2.48. The summed E-state index contributed by atoms with van der Waals surface area (Å²) in [4.78, 5) is 17.2. The largest absolute Gasteiger partial charge is 0.444 e. The van der Waals surface area contributed by atoms with Crippen LogP contribution in [0.1, 0.15) is 26.5 Å². The normalized spacial score (nSPS) is 12.4. The third kappa shape index (κ3) is 2.28. The summed E-state index contributed by atoms with van der Waals surface area (Å²) in [7, 11) is 1.64. The second kappa shape index (κ2) is 5.76. The lowest BCUT2D eigenvalue weighted by Crippen LogP contribution is -2.18. The minimum atomic E-state index is -0.0861. The van der Waals surface area contributed by atoms with Crippen molar-refractivity contribution in [1.29, 1.82) is 0 Å². The standard InChI is InChI=1S/C17H16N4O2S/c1-9-12(4-3-7-19-9)23-17-13-11(15(24-17)16(22)18-2)6-5-10-8-20-21-14(10)13/h3-4,7-8H,5-6H2,1-2H3,(H,18,22)(H,20,21). The van der Waals surface area contributed by atoms with Gasteiger partial charge in [0.25, 0.3) is 5.91 Å². The first kappa shape index (κ1) is 14.9. The molecule has 0 bridgehead atoms. The van der Waals surface area contributed by atoms with E-state index in [0.29, 0.717) is 15.7 Å². The highest BCUT2D eigenvalue weighted by molar-refractivity contribution is 7.16. The molecule has 4 rings (SSSR count). The molecule has 3 aromatic heterocycles. The van der Waals surface area contributed by atoms with Crippen LogP contribution in [0.4, 0.5) is 0 Å². The Bertz CT molecular complexity index is 929. The second-order valence-corrected chi connectivity index (χ2v) is 6.59. The molecule has 24 heavy (non-hydrogen) atoms. The summed E-state index contributed by atoms with van der Waals surface area (Å²) in [6.45, 7) is 1.90. The van der Waals surface area contributed by atoms with Crippen molar-refractivity contribution in [3.8, 4) is 22.1 Å².